The summed E-state index contributed by atoms with van der Waals surface area (Å²) in [7, 11) is 0. The molecule has 0 N–H and O–H groups in total. The molecule has 2 aliphatic carbocycles. The number of Topliss-reactive ketones (excluding diaryl/α,β-unsaturated/α-hetero) is 2. The van der Waals surface area contributed by atoms with Crippen LogP contribution in [0.1, 0.15) is 50.0 Å². The molecular formula is C15H16FNO2. The van der Waals surface area contributed by atoms with Crippen LogP contribution in [0.3, 0.4) is 0 Å². The number of aromatic nitrogens is 1. The molecule has 2 aliphatic rings. The van der Waals surface area contributed by atoms with E-state index in [2.05, 4.69) is 4.98 Å². The van der Waals surface area contributed by atoms with Gasteiger partial charge in [0, 0.05) is 24.6 Å². The molecule has 0 amide bonds. The Balaban J connectivity index is 1.79. The number of hydrogen-bond acceptors (Lipinski definition) is 3. The highest BCUT2D eigenvalue weighted by Gasteiger charge is 2.50. The minimum absolute atomic E-state index is 0.0838. The maximum atomic E-state index is 13.7. The second kappa shape index (κ2) is 4.51. The van der Waals surface area contributed by atoms with Crippen LogP contribution in [0, 0.1) is 11.4 Å². The lowest BCUT2D eigenvalue weighted by Gasteiger charge is -2.34. The van der Waals surface area contributed by atoms with Gasteiger partial charge in [-0.25, -0.2) is 4.98 Å². The number of rotatable bonds is 1. The Hall–Kier alpha value is -1.58. The molecule has 2 saturated carbocycles. The van der Waals surface area contributed by atoms with Crippen LogP contribution >= 0.6 is 0 Å². The summed E-state index contributed by atoms with van der Waals surface area (Å²) in [5.41, 5.74) is -0.106. The third-order valence-electron chi connectivity index (χ3n) is 4.71. The molecule has 0 saturated heterocycles. The van der Waals surface area contributed by atoms with Gasteiger partial charge in [0.25, 0.3) is 0 Å². The van der Waals surface area contributed by atoms with E-state index in [1.165, 1.54) is 6.20 Å². The highest BCUT2D eigenvalue weighted by Crippen LogP contribution is 2.48. The fourth-order valence-electron chi connectivity index (χ4n) is 3.54. The molecule has 0 atom stereocenters. The molecule has 1 aromatic heterocycles. The second-order valence-electron chi connectivity index (χ2n) is 5.59. The molecule has 0 unspecified atom stereocenters. The smallest absolute Gasteiger partial charge is 0.216 e. The van der Waals surface area contributed by atoms with Gasteiger partial charge in [0.1, 0.15) is 11.6 Å². The summed E-state index contributed by atoms with van der Waals surface area (Å²) >= 11 is 0. The maximum absolute atomic E-state index is 13.7. The summed E-state index contributed by atoms with van der Waals surface area (Å²) < 4.78 is 13.7. The molecule has 1 aromatic rings. The zero-order chi connectivity index (χ0) is 13.5. The summed E-state index contributed by atoms with van der Waals surface area (Å²) in [4.78, 5) is 27.6. The standard InChI is InChI=1S/C15H16FNO2/c16-14-11(2-1-9-17-14)10-5-7-15(8-6-10)12(18)3-4-13(15)19/h1-2,9-10H,3-8H2. The first-order chi connectivity index (χ1) is 9.13. The average Bonchev–Trinajstić information content (AvgIpc) is 2.69. The SMILES string of the molecule is O=C1CCC(=O)C12CCC(c1cccnc1F)CC2. The normalized spacial score (nSPS) is 23.2. The zero-order valence-electron chi connectivity index (χ0n) is 10.7. The quantitative estimate of drug-likeness (QED) is 0.577. The van der Waals surface area contributed by atoms with Crippen LogP contribution < -0.4 is 0 Å². The summed E-state index contributed by atoms with van der Waals surface area (Å²) in [6, 6.07) is 3.48. The topological polar surface area (TPSA) is 47.0 Å². The van der Waals surface area contributed by atoms with E-state index in [1.807, 2.05) is 0 Å². The summed E-state index contributed by atoms with van der Waals surface area (Å²) in [6.45, 7) is 0. The van der Waals surface area contributed by atoms with E-state index in [1.54, 1.807) is 12.1 Å². The lowest BCUT2D eigenvalue weighted by molar-refractivity contribution is -0.137. The van der Waals surface area contributed by atoms with Gasteiger partial charge in [0.05, 0.1) is 5.41 Å². The van der Waals surface area contributed by atoms with Crippen molar-refractivity contribution in [3.05, 3.63) is 29.8 Å². The summed E-state index contributed by atoms with van der Waals surface area (Å²) in [5.74, 6) is -0.140. The Labute approximate surface area is 111 Å². The second-order valence-corrected chi connectivity index (χ2v) is 5.59. The molecule has 1 heterocycles. The predicted molar refractivity (Wildman–Crippen MR) is 67.1 cm³/mol. The maximum Gasteiger partial charge on any atom is 0.216 e. The monoisotopic (exact) mass is 261 g/mol. The van der Waals surface area contributed by atoms with Crippen molar-refractivity contribution < 1.29 is 14.0 Å². The van der Waals surface area contributed by atoms with Crippen LogP contribution in [0.4, 0.5) is 4.39 Å². The lowest BCUT2D eigenvalue weighted by atomic mass is 9.67. The van der Waals surface area contributed by atoms with E-state index in [0.717, 1.165) is 0 Å². The van der Waals surface area contributed by atoms with Gasteiger partial charge in [0.2, 0.25) is 5.95 Å². The van der Waals surface area contributed by atoms with Gasteiger partial charge in [-0.1, -0.05) is 6.07 Å². The van der Waals surface area contributed by atoms with Crippen molar-refractivity contribution in [3.63, 3.8) is 0 Å². The largest absolute Gasteiger partial charge is 0.299 e. The molecule has 4 heteroatoms. The third-order valence-corrected chi connectivity index (χ3v) is 4.71. The van der Waals surface area contributed by atoms with Crippen molar-refractivity contribution in [1.29, 1.82) is 0 Å². The third kappa shape index (κ3) is 1.90. The van der Waals surface area contributed by atoms with Crippen molar-refractivity contribution in [2.75, 3.05) is 0 Å². The van der Waals surface area contributed by atoms with E-state index in [0.29, 0.717) is 44.1 Å². The first-order valence-electron chi connectivity index (χ1n) is 6.80. The Kier molecular flexibility index (Phi) is 2.96. The number of halogens is 1. The van der Waals surface area contributed by atoms with E-state index < -0.39 is 11.4 Å². The summed E-state index contributed by atoms with van der Waals surface area (Å²) in [5, 5.41) is 0. The average molecular weight is 261 g/mol. The first-order valence-corrected chi connectivity index (χ1v) is 6.80. The van der Waals surface area contributed by atoms with Crippen LogP contribution in [-0.2, 0) is 9.59 Å². The van der Waals surface area contributed by atoms with Gasteiger partial charge in [-0.05, 0) is 37.7 Å². The van der Waals surface area contributed by atoms with Gasteiger partial charge in [-0.2, -0.15) is 4.39 Å². The summed E-state index contributed by atoms with van der Waals surface area (Å²) in [6.07, 6.45) is 4.76. The lowest BCUT2D eigenvalue weighted by Crippen LogP contribution is -2.36. The van der Waals surface area contributed by atoms with Crippen molar-refractivity contribution in [3.8, 4) is 0 Å². The Bertz CT molecular complexity index is 515. The molecule has 0 bridgehead atoms. The molecule has 100 valence electrons. The Morgan fingerprint density at radius 2 is 1.79 bits per heavy atom. The molecule has 0 aromatic carbocycles. The van der Waals surface area contributed by atoms with Crippen LogP contribution in [0.25, 0.3) is 0 Å². The molecule has 19 heavy (non-hydrogen) atoms. The van der Waals surface area contributed by atoms with E-state index >= 15 is 0 Å². The number of pyridine rings is 1. The van der Waals surface area contributed by atoms with Crippen molar-refractivity contribution in [1.82, 2.24) is 4.98 Å². The van der Waals surface area contributed by atoms with Gasteiger partial charge in [-0.15, -0.1) is 0 Å². The highest BCUT2D eigenvalue weighted by atomic mass is 19.1. The first kappa shape index (κ1) is 12.5. The molecule has 1 spiro atoms. The minimum atomic E-state index is -0.727. The fourth-order valence-corrected chi connectivity index (χ4v) is 3.54. The van der Waals surface area contributed by atoms with E-state index in [9.17, 15) is 14.0 Å². The van der Waals surface area contributed by atoms with Crippen molar-refractivity contribution in [2.24, 2.45) is 5.41 Å². The van der Waals surface area contributed by atoms with Crippen LogP contribution in [-0.4, -0.2) is 16.6 Å². The van der Waals surface area contributed by atoms with Gasteiger partial charge in [-0.3, -0.25) is 9.59 Å². The van der Waals surface area contributed by atoms with Crippen LogP contribution in [0.5, 0.6) is 0 Å². The molecular weight excluding hydrogens is 245 g/mol. The number of ketones is 2. The van der Waals surface area contributed by atoms with Crippen LogP contribution in [0.15, 0.2) is 18.3 Å². The molecule has 0 radical (unpaired) electrons. The molecule has 3 nitrogen and oxygen atoms in total. The number of carbonyl (C=O) groups excluding carboxylic acids is 2. The zero-order valence-corrected chi connectivity index (χ0v) is 10.7. The Morgan fingerprint density at radius 3 is 2.37 bits per heavy atom. The molecule has 2 fully saturated rings. The molecule has 3 rings (SSSR count). The van der Waals surface area contributed by atoms with E-state index in [4.69, 9.17) is 0 Å². The number of nitrogens with zero attached hydrogens (tertiary/aromatic N) is 1. The van der Waals surface area contributed by atoms with Gasteiger partial charge in [0.15, 0.2) is 0 Å². The van der Waals surface area contributed by atoms with Crippen LogP contribution in [0.2, 0.25) is 0 Å². The fraction of sp³-hybridized carbons (Fsp3) is 0.533. The highest BCUT2D eigenvalue weighted by molar-refractivity contribution is 6.12. The minimum Gasteiger partial charge on any atom is -0.299 e. The predicted octanol–water partition coefficient (Wildman–Crippen LogP) is 2.80. The van der Waals surface area contributed by atoms with Crippen molar-refractivity contribution in [2.45, 2.75) is 44.4 Å². The van der Waals surface area contributed by atoms with Gasteiger partial charge < -0.3 is 0 Å². The number of carbonyl (C=O) groups is 2. The van der Waals surface area contributed by atoms with Gasteiger partial charge >= 0.3 is 0 Å². The van der Waals surface area contributed by atoms with Crippen molar-refractivity contribution >= 4 is 11.6 Å². The number of hydrogen-bond donors (Lipinski definition) is 0. The Morgan fingerprint density at radius 1 is 1.16 bits per heavy atom. The van der Waals surface area contributed by atoms with E-state index in [-0.39, 0.29) is 17.5 Å². The molecule has 0 aliphatic heterocycles.